The van der Waals surface area contributed by atoms with Crippen LogP contribution in [0, 0.1) is 20.8 Å². The molecule has 1 amide bonds. The van der Waals surface area contributed by atoms with Crippen molar-refractivity contribution in [3.8, 4) is 0 Å². The van der Waals surface area contributed by atoms with E-state index in [9.17, 15) is 4.79 Å². The van der Waals surface area contributed by atoms with Crippen LogP contribution in [0.25, 0.3) is 0 Å². The number of anilines is 1. The van der Waals surface area contributed by atoms with Crippen molar-refractivity contribution < 1.29 is 4.79 Å². The zero-order chi connectivity index (χ0) is 15.7. The van der Waals surface area contributed by atoms with Crippen LogP contribution in [0.3, 0.4) is 0 Å². The molecule has 1 aromatic carbocycles. The van der Waals surface area contributed by atoms with Gasteiger partial charge >= 0.3 is 0 Å². The van der Waals surface area contributed by atoms with E-state index in [1.165, 1.54) is 0 Å². The van der Waals surface area contributed by atoms with Crippen LogP contribution in [-0.4, -0.2) is 20.7 Å². The van der Waals surface area contributed by atoms with E-state index in [-0.39, 0.29) is 5.91 Å². The summed E-state index contributed by atoms with van der Waals surface area (Å²) in [6, 6.07) is 5.51. The molecule has 0 aliphatic heterocycles. The van der Waals surface area contributed by atoms with Gasteiger partial charge in [-0.15, -0.1) is 0 Å². The van der Waals surface area contributed by atoms with Gasteiger partial charge in [-0.1, -0.05) is 24.4 Å². The maximum atomic E-state index is 12.5. The molecular formula is C15H18N4OS. The number of carbonyl (C=O) groups is 1. The molecule has 6 heteroatoms. The van der Waals surface area contributed by atoms with Crippen molar-refractivity contribution in [1.29, 1.82) is 0 Å². The van der Waals surface area contributed by atoms with Crippen LogP contribution >= 0.6 is 12.2 Å². The number of rotatable bonds is 3. The lowest BCUT2D eigenvalue weighted by atomic mass is 10.1. The molecular weight excluding hydrogens is 284 g/mol. The first kappa shape index (κ1) is 15.2. The molecule has 2 rings (SSSR count). The number of aromatic nitrogens is 2. The normalized spacial score (nSPS) is 10.5. The molecule has 2 aromatic rings. The molecule has 5 nitrogen and oxygen atoms in total. The fourth-order valence-electron chi connectivity index (χ4n) is 2.20. The van der Waals surface area contributed by atoms with E-state index in [0.29, 0.717) is 21.9 Å². The Morgan fingerprint density at radius 3 is 2.52 bits per heavy atom. The van der Waals surface area contributed by atoms with Crippen molar-refractivity contribution in [2.45, 2.75) is 20.8 Å². The van der Waals surface area contributed by atoms with E-state index < -0.39 is 0 Å². The molecule has 0 aliphatic carbocycles. The second-order valence-corrected chi connectivity index (χ2v) is 5.46. The molecule has 0 radical (unpaired) electrons. The van der Waals surface area contributed by atoms with E-state index in [0.717, 1.165) is 16.8 Å². The molecule has 0 saturated carbocycles. The molecule has 0 bridgehead atoms. The van der Waals surface area contributed by atoms with Crippen molar-refractivity contribution in [2.75, 3.05) is 5.32 Å². The zero-order valence-corrected chi connectivity index (χ0v) is 13.3. The predicted molar refractivity (Wildman–Crippen MR) is 87.7 cm³/mol. The van der Waals surface area contributed by atoms with Crippen molar-refractivity contribution >= 4 is 28.8 Å². The number of thiocarbonyl (C=S) groups is 1. The second-order valence-electron chi connectivity index (χ2n) is 5.02. The number of benzene rings is 1. The van der Waals surface area contributed by atoms with Crippen LogP contribution in [-0.2, 0) is 7.05 Å². The fourth-order valence-corrected chi connectivity index (χ4v) is 2.32. The van der Waals surface area contributed by atoms with Gasteiger partial charge in [0.25, 0.3) is 5.91 Å². The lowest BCUT2D eigenvalue weighted by Crippen LogP contribution is -2.16. The molecule has 0 atom stereocenters. The van der Waals surface area contributed by atoms with Gasteiger partial charge in [-0.25, -0.2) is 0 Å². The van der Waals surface area contributed by atoms with Gasteiger partial charge in [-0.3, -0.25) is 9.48 Å². The first-order valence-electron chi connectivity index (χ1n) is 6.53. The standard InChI is InChI=1S/C15H18N4OS/c1-8-5-6-11(14(16)21)7-12(8)17-15(20)13-9(2)18-19(4)10(13)3/h5-7H,1-4H3,(H2,16,21)(H,17,20). The van der Waals surface area contributed by atoms with Crippen LogP contribution in [0.2, 0.25) is 0 Å². The maximum absolute atomic E-state index is 12.5. The highest BCUT2D eigenvalue weighted by Gasteiger charge is 2.18. The largest absolute Gasteiger partial charge is 0.389 e. The molecule has 0 spiro atoms. The number of hydrogen-bond donors (Lipinski definition) is 2. The van der Waals surface area contributed by atoms with E-state index in [4.69, 9.17) is 18.0 Å². The van der Waals surface area contributed by atoms with E-state index in [1.807, 2.05) is 40.0 Å². The van der Waals surface area contributed by atoms with Crippen LogP contribution in [0.15, 0.2) is 18.2 Å². The SMILES string of the molecule is Cc1ccc(C(N)=S)cc1NC(=O)c1c(C)nn(C)c1C. The average molecular weight is 302 g/mol. The minimum absolute atomic E-state index is 0.179. The lowest BCUT2D eigenvalue weighted by Gasteiger charge is -2.10. The fraction of sp³-hybridized carbons (Fsp3) is 0.267. The average Bonchev–Trinajstić information content (AvgIpc) is 2.65. The van der Waals surface area contributed by atoms with Gasteiger partial charge < -0.3 is 11.1 Å². The molecule has 110 valence electrons. The van der Waals surface area contributed by atoms with Gasteiger partial charge in [0, 0.05) is 24.0 Å². The third-order valence-electron chi connectivity index (χ3n) is 3.51. The van der Waals surface area contributed by atoms with Gasteiger partial charge in [0.05, 0.1) is 11.3 Å². The number of nitrogens with one attached hydrogen (secondary N) is 1. The summed E-state index contributed by atoms with van der Waals surface area (Å²) in [4.78, 5) is 12.8. The van der Waals surface area contributed by atoms with Gasteiger partial charge in [-0.05, 0) is 32.4 Å². The van der Waals surface area contributed by atoms with Gasteiger partial charge in [0.1, 0.15) is 4.99 Å². The number of aryl methyl sites for hydroxylation is 3. The molecule has 3 N–H and O–H groups in total. The summed E-state index contributed by atoms with van der Waals surface area (Å²) in [5.41, 5.74) is 10.1. The third-order valence-corrected chi connectivity index (χ3v) is 3.74. The minimum Gasteiger partial charge on any atom is -0.389 e. The number of nitrogens with zero attached hydrogens (tertiary/aromatic N) is 2. The first-order valence-corrected chi connectivity index (χ1v) is 6.94. The molecule has 0 unspecified atom stereocenters. The summed E-state index contributed by atoms with van der Waals surface area (Å²) >= 11 is 4.97. The summed E-state index contributed by atoms with van der Waals surface area (Å²) < 4.78 is 1.70. The maximum Gasteiger partial charge on any atom is 0.259 e. The first-order chi connectivity index (χ1) is 9.81. The summed E-state index contributed by atoms with van der Waals surface area (Å²) in [7, 11) is 1.82. The highest BCUT2D eigenvalue weighted by molar-refractivity contribution is 7.80. The Hall–Kier alpha value is -2.21. The smallest absolute Gasteiger partial charge is 0.259 e. The Kier molecular flexibility index (Phi) is 4.09. The van der Waals surface area contributed by atoms with Crippen molar-refractivity contribution in [1.82, 2.24) is 9.78 Å². The van der Waals surface area contributed by atoms with Crippen molar-refractivity contribution in [3.05, 3.63) is 46.3 Å². The number of hydrogen-bond acceptors (Lipinski definition) is 3. The third kappa shape index (κ3) is 2.95. The quantitative estimate of drug-likeness (QED) is 0.853. The highest BCUT2D eigenvalue weighted by Crippen LogP contribution is 2.20. The van der Waals surface area contributed by atoms with Gasteiger partial charge in [0.15, 0.2) is 0 Å². The van der Waals surface area contributed by atoms with Crippen LogP contribution in [0.5, 0.6) is 0 Å². The summed E-state index contributed by atoms with van der Waals surface area (Å²) in [5.74, 6) is -0.179. The van der Waals surface area contributed by atoms with Gasteiger partial charge in [0.2, 0.25) is 0 Å². The molecule has 0 fully saturated rings. The number of amides is 1. The van der Waals surface area contributed by atoms with E-state index in [1.54, 1.807) is 10.7 Å². The molecule has 21 heavy (non-hydrogen) atoms. The van der Waals surface area contributed by atoms with E-state index >= 15 is 0 Å². The van der Waals surface area contributed by atoms with Gasteiger partial charge in [-0.2, -0.15) is 5.10 Å². The molecule has 0 saturated heterocycles. The minimum atomic E-state index is -0.179. The Bertz CT molecular complexity index is 734. The number of carbonyl (C=O) groups excluding carboxylic acids is 1. The summed E-state index contributed by atoms with van der Waals surface area (Å²) in [6.45, 7) is 5.61. The predicted octanol–water partition coefficient (Wildman–Crippen LogP) is 2.23. The highest BCUT2D eigenvalue weighted by atomic mass is 32.1. The van der Waals surface area contributed by atoms with Crippen LogP contribution in [0.4, 0.5) is 5.69 Å². The Labute approximate surface area is 129 Å². The van der Waals surface area contributed by atoms with E-state index in [2.05, 4.69) is 10.4 Å². The van der Waals surface area contributed by atoms with Crippen molar-refractivity contribution in [3.63, 3.8) is 0 Å². The van der Waals surface area contributed by atoms with Crippen LogP contribution in [0.1, 0.15) is 32.9 Å². The topological polar surface area (TPSA) is 72.9 Å². The lowest BCUT2D eigenvalue weighted by molar-refractivity contribution is 0.102. The summed E-state index contributed by atoms with van der Waals surface area (Å²) in [5, 5.41) is 7.17. The molecule has 0 aliphatic rings. The Balaban J connectivity index is 2.35. The van der Waals surface area contributed by atoms with Crippen LogP contribution < -0.4 is 11.1 Å². The zero-order valence-electron chi connectivity index (χ0n) is 12.5. The van der Waals surface area contributed by atoms with Crippen molar-refractivity contribution in [2.24, 2.45) is 12.8 Å². The monoisotopic (exact) mass is 302 g/mol. The Morgan fingerprint density at radius 1 is 1.33 bits per heavy atom. The number of nitrogens with two attached hydrogens (primary N) is 1. The molecule has 1 aromatic heterocycles. The molecule has 1 heterocycles. The second kappa shape index (κ2) is 5.65. The summed E-state index contributed by atoms with van der Waals surface area (Å²) in [6.07, 6.45) is 0. The Morgan fingerprint density at radius 2 is 2.00 bits per heavy atom.